The molecule has 2 nitrogen and oxygen atoms in total. The number of halogens is 2. The Balaban J connectivity index is 1.89. The third-order valence-electron chi connectivity index (χ3n) is 3.80. The maximum Gasteiger partial charge on any atom is 0.264 e. The highest BCUT2D eigenvalue weighted by molar-refractivity contribution is 7.99. The minimum Gasteiger partial charge on any atom is -0.275 e. The lowest BCUT2D eigenvalue weighted by Gasteiger charge is -2.31. The minimum atomic E-state index is -0.466. The van der Waals surface area contributed by atoms with E-state index in [9.17, 15) is 9.18 Å². The van der Waals surface area contributed by atoms with Crippen molar-refractivity contribution in [3.63, 3.8) is 0 Å². The summed E-state index contributed by atoms with van der Waals surface area (Å²) < 4.78 is 13.3. The fourth-order valence-corrected chi connectivity index (χ4v) is 4.01. The van der Waals surface area contributed by atoms with Crippen molar-refractivity contribution in [1.82, 2.24) is 0 Å². The molecule has 0 unspecified atom stereocenters. The molecule has 0 saturated carbocycles. The molecule has 0 fully saturated rings. The van der Waals surface area contributed by atoms with Crippen LogP contribution < -0.4 is 4.90 Å². The molecule has 0 saturated heterocycles. The normalized spacial score (nSPS) is 12.5. The average Bonchev–Trinajstić information content (AvgIpc) is 2.59. The van der Waals surface area contributed by atoms with Crippen LogP contribution in [0.1, 0.15) is 10.4 Å². The minimum absolute atomic E-state index is 0.105. The van der Waals surface area contributed by atoms with Crippen LogP contribution in [0, 0.1) is 5.82 Å². The van der Waals surface area contributed by atoms with E-state index >= 15 is 0 Å². The van der Waals surface area contributed by atoms with Gasteiger partial charge in [0, 0.05) is 9.79 Å². The Bertz CT molecular complexity index is 914. The quantitative estimate of drug-likeness (QED) is 0.539. The lowest BCUT2D eigenvalue weighted by Crippen LogP contribution is -2.28. The average molecular weight is 356 g/mol. The highest BCUT2D eigenvalue weighted by Gasteiger charge is 2.29. The Labute approximate surface area is 147 Å². The van der Waals surface area contributed by atoms with Crippen LogP contribution in [0.2, 0.25) is 5.02 Å². The Hall–Kier alpha value is -2.30. The number of fused-ring (bicyclic) bond motifs is 2. The van der Waals surface area contributed by atoms with E-state index in [0.29, 0.717) is 0 Å². The van der Waals surface area contributed by atoms with Gasteiger partial charge in [-0.1, -0.05) is 47.6 Å². The highest BCUT2D eigenvalue weighted by Crippen LogP contribution is 2.48. The summed E-state index contributed by atoms with van der Waals surface area (Å²) in [6.07, 6.45) is 0. The molecule has 3 aromatic rings. The van der Waals surface area contributed by atoms with Gasteiger partial charge in [0.05, 0.1) is 22.0 Å². The summed E-state index contributed by atoms with van der Waals surface area (Å²) in [4.78, 5) is 16.8. The van der Waals surface area contributed by atoms with Gasteiger partial charge in [-0.2, -0.15) is 0 Å². The van der Waals surface area contributed by atoms with Gasteiger partial charge in [-0.15, -0.1) is 0 Å². The molecule has 1 aliphatic rings. The van der Waals surface area contributed by atoms with Crippen LogP contribution in [0.25, 0.3) is 0 Å². The molecule has 0 bridgehead atoms. The first kappa shape index (κ1) is 15.2. The smallest absolute Gasteiger partial charge is 0.264 e. The molecule has 4 rings (SSSR count). The molecule has 0 radical (unpaired) electrons. The summed E-state index contributed by atoms with van der Waals surface area (Å²) in [5.74, 6) is -0.744. The van der Waals surface area contributed by atoms with Gasteiger partial charge in [-0.3, -0.25) is 9.69 Å². The van der Waals surface area contributed by atoms with Crippen molar-refractivity contribution in [3.05, 3.63) is 83.1 Å². The Kier molecular flexibility index (Phi) is 3.79. The summed E-state index contributed by atoms with van der Waals surface area (Å²) in [7, 11) is 0. The molecule has 1 heterocycles. The summed E-state index contributed by atoms with van der Waals surface area (Å²) in [5.41, 5.74) is 1.87. The molecule has 1 amide bonds. The van der Waals surface area contributed by atoms with Gasteiger partial charge in [0.1, 0.15) is 5.82 Å². The second kappa shape index (κ2) is 5.96. The SMILES string of the molecule is O=C(c1ccc(F)cc1Cl)N1c2ccccc2Sc2ccccc21. The van der Waals surface area contributed by atoms with Gasteiger partial charge in [0.25, 0.3) is 5.91 Å². The Morgan fingerprint density at radius 2 is 1.50 bits per heavy atom. The Morgan fingerprint density at radius 1 is 0.917 bits per heavy atom. The molecule has 3 aromatic carbocycles. The lowest BCUT2D eigenvalue weighted by atomic mass is 10.1. The second-order valence-electron chi connectivity index (χ2n) is 5.30. The van der Waals surface area contributed by atoms with Gasteiger partial charge in [-0.25, -0.2) is 4.39 Å². The van der Waals surface area contributed by atoms with E-state index in [1.807, 2.05) is 48.5 Å². The molecule has 1 aliphatic heterocycles. The third-order valence-corrected chi connectivity index (χ3v) is 5.24. The van der Waals surface area contributed by atoms with Crippen LogP contribution >= 0.6 is 23.4 Å². The first-order valence-corrected chi connectivity index (χ1v) is 8.50. The maximum absolute atomic E-state index is 13.3. The van der Waals surface area contributed by atoms with Gasteiger partial charge in [0.2, 0.25) is 0 Å². The highest BCUT2D eigenvalue weighted by atomic mass is 35.5. The van der Waals surface area contributed by atoms with Crippen molar-refractivity contribution in [2.24, 2.45) is 0 Å². The van der Waals surface area contributed by atoms with E-state index in [0.717, 1.165) is 27.2 Å². The summed E-state index contributed by atoms with van der Waals surface area (Å²) in [6, 6.07) is 19.2. The fourth-order valence-electron chi connectivity index (χ4n) is 2.71. The third kappa shape index (κ3) is 2.48. The molecule has 0 aliphatic carbocycles. The van der Waals surface area contributed by atoms with E-state index in [2.05, 4.69) is 0 Å². The predicted molar refractivity (Wildman–Crippen MR) is 94.9 cm³/mol. The monoisotopic (exact) mass is 355 g/mol. The zero-order valence-electron chi connectivity index (χ0n) is 12.4. The standard InChI is InChI=1S/C19H11ClFNOS/c20-14-11-12(21)9-10-13(14)19(23)22-15-5-1-3-7-17(15)24-18-8-4-2-6-16(18)22/h1-11H. The van der Waals surface area contributed by atoms with E-state index < -0.39 is 5.82 Å². The van der Waals surface area contributed by atoms with E-state index in [-0.39, 0.29) is 16.5 Å². The predicted octanol–water partition coefficient (Wildman–Crippen LogP) is 5.92. The number of carbonyl (C=O) groups is 1. The van der Waals surface area contributed by atoms with Gasteiger partial charge in [0.15, 0.2) is 0 Å². The number of nitrogens with zero attached hydrogens (tertiary/aromatic N) is 1. The maximum atomic E-state index is 13.3. The molecule has 24 heavy (non-hydrogen) atoms. The fraction of sp³-hybridized carbons (Fsp3) is 0. The number of rotatable bonds is 1. The van der Waals surface area contributed by atoms with Crippen LogP contribution in [0.4, 0.5) is 15.8 Å². The van der Waals surface area contributed by atoms with Crippen molar-refractivity contribution < 1.29 is 9.18 Å². The van der Waals surface area contributed by atoms with E-state index in [1.165, 1.54) is 12.1 Å². The Morgan fingerprint density at radius 3 is 2.08 bits per heavy atom. The lowest BCUT2D eigenvalue weighted by molar-refractivity contribution is 0.0998. The molecule has 118 valence electrons. The molecule has 0 N–H and O–H groups in total. The van der Waals surface area contributed by atoms with Gasteiger partial charge in [-0.05, 0) is 42.5 Å². The van der Waals surface area contributed by atoms with Crippen LogP contribution in [0.5, 0.6) is 0 Å². The van der Waals surface area contributed by atoms with Crippen molar-refractivity contribution in [3.8, 4) is 0 Å². The molecule has 0 atom stereocenters. The topological polar surface area (TPSA) is 20.3 Å². The molecule has 5 heteroatoms. The van der Waals surface area contributed by atoms with Gasteiger partial charge >= 0.3 is 0 Å². The zero-order valence-corrected chi connectivity index (χ0v) is 13.9. The molecular weight excluding hydrogens is 345 g/mol. The van der Waals surface area contributed by atoms with Crippen LogP contribution in [0.3, 0.4) is 0 Å². The van der Waals surface area contributed by atoms with Crippen LogP contribution in [-0.4, -0.2) is 5.91 Å². The number of hydrogen-bond acceptors (Lipinski definition) is 2. The number of carbonyl (C=O) groups excluding carboxylic acids is 1. The summed E-state index contributed by atoms with van der Waals surface area (Å²) >= 11 is 7.72. The summed E-state index contributed by atoms with van der Waals surface area (Å²) in [5, 5.41) is 0.105. The summed E-state index contributed by atoms with van der Waals surface area (Å²) in [6.45, 7) is 0. The zero-order chi connectivity index (χ0) is 16.7. The van der Waals surface area contributed by atoms with Crippen molar-refractivity contribution in [2.75, 3.05) is 4.90 Å². The molecule has 0 aromatic heterocycles. The first-order valence-electron chi connectivity index (χ1n) is 7.30. The van der Waals surface area contributed by atoms with Crippen molar-refractivity contribution >= 4 is 40.6 Å². The number of anilines is 2. The number of hydrogen-bond donors (Lipinski definition) is 0. The number of benzene rings is 3. The molecule has 0 spiro atoms. The number of para-hydroxylation sites is 2. The number of amides is 1. The van der Waals surface area contributed by atoms with Crippen molar-refractivity contribution in [2.45, 2.75) is 9.79 Å². The molecular formula is C19H11ClFNOS. The second-order valence-corrected chi connectivity index (χ2v) is 6.79. The van der Waals surface area contributed by atoms with E-state index in [4.69, 9.17) is 11.6 Å². The van der Waals surface area contributed by atoms with E-state index in [1.54, 1.807) is 16.7 Å². The van der Waals surface area contributed by atoms with Gasteiger partial charge < -0.3 is 0 Å². The van der Waals surface area contributed by atoms with Crippen LogP contribution in [0.15, 0.2) is 76.5 Å². The largest absolute Gasteiger partial charge is 0.275 e. The van der Waals surface area contributed by atoms with Crippen molar-refractivity contribution in [1.29, 1.82) is 0 Å². The van der Waals surface area contributed by atoms with Crippen LogP contribution in [-0.2, 0) is 0 Å². The first-order chi connectivity index (χ1) is 11.6.